The number of nitrogens with zero attached hydrogens (tertiary/aromatic N) is 5. The van der Waals surface area contributed by atoms with Gasteiger partial charge in [0.15, 0.2) is 0 Å². The zero-order valence-electron chi connectivity index (χ0n) is 20.6. The van der Waals surface area contributed by atoms with Gasteiger partial charge in [0.25, 0.3) is 11.8 Å². The van der Waals surface area contributed by atoms with Crippen molar-refractivity contribution >= 4 is 17.8 Å². The first-order valence-electron chi connectivity index (χ1n) is 11.5. The normalized spacial score (nSPS) is 11.0. The number of carboxylic acids is 1. The fourth-order valence-electron chi connectivity index (χ4n) is 3.04. The van der Waals surface area contributed by atoms with Gasteiger partial charge in [-0.2, -0.15) is 5.21 Å². The molecule has 2 aromatic carbocycles. The van der Waals surface area contributed by atoms with E-state index < -0.39 is 17.8 Å². The molecule has 4 N–H and O–H groups in total. The number of amides is 2. The highest BCUT2D eigenvalue weighted by atomic mass is 19.1. The van der Waals surface area contributed by atoms with Gasteiger partial charge in [0, 0.05) is 24.6 Å². The van der Waals surface area contributed by atoms with Crippen LogP contribution in [0.2, 0.25) is 0 Å². The molecule has 2 heterocycles. The summed E-state index contributed by atoms with van der Waals surface area (Å²) in [5.74, 6) is -1.54. The molecule has 0 spiro atoms. The Bertz CT molecular complexity index is 1360. The third kappa shape index (κ3) is 7.98. The summed E-state index contributed by atoms with van der Waals surface area (Å²) < 4.78 is 13.0. The lowest BCUT2D eigenvalue weighted by Crippen LogP contribution is -2.29. The first kappa shape index (κ1) is 27.5. The van der Waals surface area contributed by atoms with Crippen molar-refractivity contribution in [2.75, 3.05) is 0 Å². The number of carbonyl (C=O) groups excluding carboxylic acids is 2. The van der Waals surface area contributed by atoms with Crippen molar-refractivity contribution in [3.8, 4) is 11.4 Å². The third-order valence-electron chi connectivity index (χ3n) is 5.16. The number of carboxylic acid groups (broad SMARTS) is 1. The zero-order chi connectivity index (χ0) is 27.5. The number of hydrogen-bond donors (Lipinski definition) is 4. The maximum absolute atomic E-state index is 13.0. The minimum atomic E-state index is -0.745. The van der Waals surface area contributed by atoms with E-state index in [1.165, 1.54) is 18.2 Å². The Kier molecular flexibility index (Phi) is 9.63. The standard InChI is InChI=1S/C22H19FN8O2.C3H6O2/c1-13(15-4-6-16(7-5-15)20-28-30-31-29-20)27-22(33)19-10-18(25-12-26-19)21(32)24-11-14-2-8-17(23)9-3-14;1-2-3(4)5/h2-10,12-13H,11H2,1H3,(H,24,32)(H,27,33)(H,28,29,30,31);2H2,1H3,(H,4,5)/t13-;/m0./s1. The molecule has 4 aromatic rings. The van der Waals surface area contributed by atoms with E-state index in [0.717, 1.165) is 23.0 Å². The average Bonchev–Trinajstić information content (AvgIpc) is 3.48. The molecule has 2 amide bonds. The Morgan fingerprint density at radius 2 is 1.63 bits per heavy atom. The molecule has 2 aromatic heterocycles. The number of rotatable bonds is 8. The summed E-state index contributed by atoms with van der Waals surface area (Å²) in [6.07, 6.45) is 1.38. The van der Waals surface area contributed by atoms with Gasteiger partial charge >= 0.3 is 5.97 Å². The molecule has 0 saturated carbocycles. The van der Waals surface area contributed by atoms with Gasteiger partial charge in [0.1, 0.15) is 23.5 Å². The van der Waals surface area contributed by atoms with Gasteiger partial charge in [-0.25, -0.2) is 14.4 Å². The highest BCUT2D eigenvalue weighted by Gasteiger charge is 2.16. The smallest absolute Gasteiger partial charge is 0.303 e. The highest BCUT2D eigenvalue weighted by Crippen LogP contribution is 2.18. The number of halogens is 1. The fraction of sp³-hybridized carbons (Fsp3) is 0.200. The maximum Gasteiger partial charge on any atom is 0.303 e. The number of carbonyl (C=O) groups is 3. The molecule has 0 aliphatic heterocycles. The predicted molar refractivity (Wildman–Crippen MR) is 133 cm³/mol. The first-order chi connectivity index (χ1) is 18.3. The number of aromatic nitrogens is 6. The topological polar surface area (TPSA) is 176 Å². The summed E-state index contributed by atoms with van der Waals surface area (Å²) in [5, 5.41) is 27.0. The Morgan fingerprint density at radius 1 is 1.00 bits per heavy atom. The van der Waals surface area contributed by atoms with E-state index in [2.05, 4.69) is 41.2 Å². The second-order valence-corrected chi connectivity index (χ2v) is 7.90. The molecule has 1 atom stereocenters. The Morgan fingerprint density at radius 3 is 2.21 bits per heavy atom. The Balaban J connectivity index is 0.000000732. The Labute approximate surface area is 216 Å². The van der Waals surface area contributed by atoms with Gasteiger partial charge in [-0.3, -0.25) is 14.4 Å². The number of aromatic amines is 1. The van der Waals surface area contributed by atoms with Crippen LogP contribution in [-0.4, -0.2) is 53.5 Å². The van der Waals surface area contributed by atoms with Crippen LogP contribution in [0.25, 0.3) is 11.4 Å². The third-order valence-corrected chi connectivity index (χ3v) is 5.16. The van der Waals surface area contributed by atoms with E-state index in [-0.39, 0.29) is 36.2 Å². The maximum atomic E-state index is 13.0. The highest BCUT2D eigenvalue weighted by molar-refractivity contribution is 5.97. The molecular weight excluding hydrogens is 495 g/mol. The van der Waals surface area contributed by atoms with Crippen LogP contribution in [0.3, 0.4) is 0 Å². The second kappa shape index (κ2) is 13.3. The largest absolute Gasteiger partial charge is 0.481 e. The number of benzene rings is 2. The molecule has 0 fully saturated rings. The van der Waals surface area contributed by atoms with Crippen LogP contribution < -0.4 is 10.6 Å². The molecule has 13 heteroatoms. The molecule has 0 bridgehead atoms. The van der Waals surface area contributed by atoms with Gasteiger partial charge in [-0.15, -0.1) is 10.2 Å². The van der Waals surface area contributed by atoms with Crippen molar-refractivity contribution in [1.29, 1.82) is 0 Å². The van der Waals surface area contributed by atoms with Crippen LogP contribution in [0.4, 0.5) is 4.39 Å². The molecule has 12 nitrogen and oxygen atoms in total. The van der Waals surface area contributed by atoms with Gasteiger partial charge in [0.05, 0.1) is 6.04 Å². The van der Waals surface area contributed by atoms with Gasteiger partial charge in [-0.05, 0) is 35.4 Å². The van der Waals surface area contributed by atoms with E-state index in [4.69, 9.17) is 5.11 Å². The minimum absolute atomic E-state index is 0.0504. The van der Waals surface area contributed by atoms with Crippen molar-refractivity contribution in [3.05, 3.63) is 89.3 Å². The summed E-state index contributed by atoms with van der Waals surface area (Å²) in [4.78, 5) is 42.4. The van der Waals surface area contributed by atoms with Crippen molar-refractivity contribution in [2.24, 2.45) is 0 Å². The van der Waals surface area contributed by atoms with Crippen molar-refractivity contribution in [2.45, 2.75) is 32.9 Å². The zero-order valence-corrected chi connectivity index (χ0v) is 20.6. The van der Waals surface area contributed by atoms with Crippen LogP contribution in [0, 0.1) is 5.82 Å². The van der Waals surface area contributed by atoms with E-state index >= 15 is 0 Å². The number of aliphatic carboxylic acids is 1. The summed E-state index contributed by atoms with van der Waals surface area (Å²) in [5.41, 5.74) is 2.50. The monoisotopic (exact) mass is 520 g/mol. The SMILES string of the molecule is CCC(=O)O.C[C@H](NC(=O)c1cc(C(=O)NCc2ccc(F)cc2)ncn1)c1ccc(-c2nn[nH]n2)cc1. The van der Waals surface area contributed by atoms with Crippen LogP contribution in [0.1, 0.15) is 58.4 Å². The molecule has 0 saturated heterocycles. The summed E-state index contributed by atoms with van der Waals surface area (Å²) >= 11 is 0. The van der Waals surface area contributed by atoms with Gasteiger partial charge in [-0.1, -0.05) is 43.3 Å². The second-order valence-electron chi connectivity index (χ2n) is 7.90. The van der Waals surface area contributed by atoms with E-state index in [1.54, 1.807) is 19.1 Å². The van der Waals surface area contributed by atoms with Crippen LogP contribution in [-0.2, 0) is 11.3 Å². The fourth-order valence-corrected chi connectivity index (χ4v) is 3.04. The van der Waals surface area contributed by atoms with Crippen LogP contribution >= 0.6 is 0 Å². The van der Waals surface area contributed by atoms with Crippen LogP contribution in [0.15, 0.2) is 60.9 Å². The molecule has 196 valence electrons. The molecule has 0 radical (unpaired) electrons. The van der Waals surface area contributed by atoms with Crippen molar-refractivity contribution < 1.29 is 23.9 Å². The average molecular weight is 521 g/mol. The lowest BCUT2D eigenvalue weighted by atomic mass is 10.1. The quantitative estimate of drug-likeness (QED) is 0.272. The summed E-state index contributed by atoms with van der Waals surface area (Å²) in [6.45, 7) is 3.63. The van der Waals surface area contributed by atoms with Crippen molar-refractivity contribution in [1.82, 2.24) is 41.2 Å². The van der Waals surface area contributed by atoms with E-state index in [1.807, 2.05) is 31.2 Å². The van der Waals surface area contributed by atoms with E-state index in [0.29, 0.717) is 5.82 Å². The number of H-pyrrole nitrogens is 1. The van der Waals surface area contributed by atoms with Crippen molar-refractivity contribution in [3.63, 3.8) is 0 Å². The molecule has 0 aliphatic rings. The summed E-state index contributed by atoms with van der Waals surface area (Å²) in [7, 11) is 0. The molecule has 0 unspecified atom stereocenters. The lowest BCUT2D eigenvalue weighted by Gasteiger charge is -2.14. The Hall–Kier alpha value is -5.07. The lowest BCUT2D eigenvalue weighted by molar-refractivity contribution is -0.136. The number of nitrogens with one attached hydrogen (secondary N) is 3. The number of hydrogen-bond acceptors (Lipinski definition) is 8. The molecule has 0 aliphatic carbocycles. The molecular formula is C25H25FN8O4. The molecule has 4 rings (SSSR count). The predicted octanol–water partition coefficient (Wildman–Crippen LogP) is 2.70. The first-order valence-corrected chi connectivity index (χ1v) is 11.5. The number of tetrazole rings is 1. The minimum Gasteiger partial charge on any atom is -0.481 e. The van der Waals surface area contributed by atoms with Gasteiger partial charge < -0.3 is 15.7 Å². The molecule has 38 heavy (non-hydrogen) atoms. The van der Waals surface area contributed by atoms with E-state index in [9.17, 15) is 18.8 Å². The summed E-state index contributed by atoms with van der Waals surface area (Å²) in [6, 6.07) is 14.1. The van der Waals surface area contributed by atoms with Crippen LogP contribution in [0.5, 0.6) is 0 Å². The van der Waals surface area contributed by atoms with Gasteiger partial charge in [0.2, 0.25) is 5.82 Å².